The second-order valence-electron chi connectivity index (χ2n) is 4.92. The Labute approximate surface area is 119 Å². The lowest BCUT2D eigenvalue weighted by Crippen LogP contribution is -2.38. The first-order valence-electron chi connectivity index (χ1n) is 6.94. The van der Waals surface area contributed by atoms with E-state index in [0.717, 1.165) is 32.5 Å². The minimum atomic E-state index is -0.960. The molecule has 1 aliphatic heterocycles. The highest BCUT2D eigenvalue weighted by Crippen LogP contribution is 2.30. The zero-order chi connectivity index (χ0) is 14.5. The molecule has 1 saturated heterocycles. The predicted octanol–water partition coefficient (Wildman–Crippen LogP) is 2.26. The van der Waals surface area contributed by atoms with Crippen LogP contribution >= 0.6 is 0 Å². The Hall–Kier alpha value is -1.75. The first-order valence-corrected chi connectivity index (χ1v) is 6.94. The Kier molecular flexibility index (Phi) is 4.84. The number of ether oxygens (including phenoxy) is 2. The largest absolute Gasteiger partial charge is 0.493 e. The van der Waals surface area contributed by atoms with E-state index >= 15 is 0 Å². The lowest BCUT2D eigenvalue weighted by atomic mass is 10.1. The van der Waals surface area contributed by atoms with E-state index in [2.05, 4.69) is 11.8 Å². The van der Waals surface area contributed by atoms with Crippen molar-refractivity contribution in [3.63, 3.8) is 0 Å². The topological polar surface area (TPSA) is 59.0 Å². The molecule has 0 amide bonds. The molecule has 0 aromatic heterocycles. The van der Waals surface area contributed by atoms with Crippen LogP contribution in [0.25, 0.3) is 0 Å². The minimum Gasteiger partial charge on any atom is -0.493 e. The van der Waals surface area contributed by atoms with Crippen LogP contribution in [-0.2, 0) is 0 Å². The van der Waals surface area contributed by atoms with Crippen LogP contribution in [0.3, 0.4) is 0 Å². The van der Waals surface area contributed by atoms with E-state index in [-0.39, 0.29) is 11.7 Å². The number of aromatic carboxylic acids is 1. The van der Waals surface area contributed by atoms with E-state index in [0.29, 0.717) is 11.5 Å². The molecule has 1 heterocycles. The van der Waals surface area contributed by atoms with Gasteiger partial charge in [-0.25, -0.2) is 4.79 Å². The summed E-state index contributed by atoms with van der Waals surface area (Å²) in [4.78, 5) is 13.4. The summed E-state index contributed by atoms with van der Waals surface area (Å²) < 4.78 is 11.2. The normalized spacial score (nSPS) is 16.9. The van der Waals surface area contributed by atoms with Gasteiger partial charge in [0.05, 0.1) is 12.7 Å². The van der Waals surface area contributed by atoms with E-state index < -0.39 is 5.97 Å². The summed E-state index contributed by atoms with van der Waals surface area (Å²) in [6.07, 6.45) is 2.03. The van der Waals surface area contributed by atoms with E-state index in [9.17, 15) is 4.79 Å². The molecule has 0 bridgehead atoms. The van der Waals surface area contributed by atoms with Crippen LogP contribution in [0, 0.1) is 0 Å². The number of rotatable bonds is 5. The molecule has 0 spiro atoms. The lowest BCUT2D eigenvalue weighted by Gasteiger charge is -2.31. The second kappa shape index (κ2) is 6.61. The number of methoxy groups -OCH3 is 1. The number of carboxylic acids is 1. The highest BCUT2D eigenvalue weighted by molar-refractivity contribution is 5.88. The van der Waals surface area contributed by atoms with Gasteiger partial charge in [-0.15, -0.1) is 0 Å². The van der Waals surface area contributed by atoms with Crippen LogP contribution in [-0.4, -0.2) is 48.8 Å². The van der Waals surface area contributed by atoms with Crippen molar-refractivity contribution in [2.45, 2.75) is 25.9 Å². The van der Waals surface area contributed by atoms with Gasteiger partial charge in [0, 0.05) is 13.1 Å². The van der Waals surface area contributed by atoms with Crippen LogP contribution in [0.2, 0.25) is 0 Å². The fourth-order valence-corrected chi connectivity index (χ4v) is 2.42. The van der Waals surface area contributed by atoms with Crippen molar-refractivity contribution in [3.8, 4) is 11.5 Å². The maximum atomic E-state index is 11.0. The molecule has 0 unspecified atom stereocenters. The van der Waals surface area contributed by atoms with Crippen molar-refractivity contribution in [2.24, 2.45) is 0 Å². The number of piperidine rings is 1. The predicted molar refractivity (Wildman–Crippen MR) is 75.7 cm³/mol. The molecular formula is C15H21NO4. The highest BCUT2D eigenvalue weighted by Gasteiger charge is 2.21. The Balaban J connectivity index is 2.08. The number of hydrogen-bond donors (Lipinski definition) is 1. The summed E-state index contributed by atoms with van der Waals surface area (Å²) >= 11 is 0. The van der Waals surface area contributed by atoms with Gasteiger partial charge < -0.3 is 19.5 Å². The van der Waals surface area contributed by atoms with Crippen molar-refractivity contribution >= 4 is 5.97 Å². The SMILES string of the molecule is CCN1CCC(Oc2cc(C(=O)O)ccc2OC)CC1. The van der Waals surface area contributed by atoms with Crippen molar-refractivity contribution in [1.82, 2.24) is 4.90 Å². The van der Waals surface area contributed by atoms with Gasteiger partial charge in [0.2, 0.25) is 0 Å². The Morgan fingerprint density at radius 3 is 2.60 bits per heavy atom. The van der Waals surface area contributed by atoms with Crippen LogP contribution in [0.5, 0.6) is 11.5 Å². The van der Waals surface area contributed by atoms with Crippen LogP contribution in [0.1, 0.15) is 30.1 Å². The highest BCUT2D eigenvalue weighted by atomic mass is 16.5. The van der Waals surface area contributed by atoms with Crippen molar-refractivity contribution < 1.29 is 19.4 Å². The summed E-state index contributed by atoms with van der Waals surface area (Å²) in [7, 11) is 1.56. The van der Waals surface area contributed by atoms with Crippen molar-refractivity contribution in [2.75, 3.05) is 26.7 Å². The number of hydrogen-bond acceptors (Lipinski definition) is 4. The molecule has 2 rings (SSSR count). The minimum absolute atomic E-state index is 0.121. The summed E-state index contributed by atoms with van der Waals surface area (Å²) in [6.45, 7) is 5.25. The molecule has 0 saturated carbocycles. The third-order valence-electron chi connectivity index (χ3n) is 3.69. The van der Waals surface area contributed by atoms with Crippen LogP contribution in [0.15, 0.2) is 18.2 Å². The zero-order valence-corrected chi connectivity index (χ0v) is 12.0. The zero-order valence-electron chi connectivity index (χ0n) is 12.0. The quantitative estimate of drug-likeness (QED) is 0.896. The molecule has 5 nitrogen and oxygen atoms in total. The fourth-order valence-electron chi connectivity index (χ4n) is 2.42. The molecule has 0 radical (unpaired) electrons. The molecule has 0 atom stereocenters. The van der Waals surface area contributed by atoms with Gasteiger partial charge in [-0.1, -0.05) is 6.92 Å². The lowest BCUT2D eigenvalue weighted by molar-refractivity contribution is 0.0694. The first-order chi connectivity index (χ1) is 9.63. The summed E-state index contributed by atoms with van der Waals surface area (Å²) in [6, 6.07) is 4.70. The molecule has 1 fully saturated rings. The summed E-state index contributed by atoms with van der Waals surface area (Å²) in [5, 5.41) is 9.04. The smallest absolute Gasteiger partial charge is 0.335 e. The van der Waals surface area contributed by atoms with Gasteiger partial charge in [-0.2, -0.15) is 0 Å². The number of nitrogens with zero attached hydrogens (tertiary/aromatic N) is 1. The van der Waals surface area contributed by atoms with E-state index in [1.807, 2.05) is 0 Å². The van der Waals surface area contributed by atoms with E-state index in [1.54, 1.807) is 13.2 Å². The Bertz CT molecular complexity index is 467. The van der Waals surface area contributed by atoms with Crippen molar-refractivity contribution in [3.05, 3.63) is 23.8 Å². The van der Waals surface area contributed by atoms with E-state index in [1.165, 1.54) is 12.1 Å². The number of carboxylic acid groups (broad SMARTS) is 1. The van der Waals surface area contributed by atoms with E-state index in [4.69, 9.17) is 14.6 Å². The van der Waals surface area contributed by atoms with Gasteiger partial charge in [0.15, 0.2) is 11.5 Å². The van der Waals surface area contributed by atoms with Gasteiger partial charge in [-0.05, 0) is 37.6 Å². The first kappa shape index (κ1) is 14.7. The summed E-state index contributed by atoms with van der Waals surface area (Å²) in [5.74, 6) is 0.133. The molecule has 0 aliphatic carbocycles. The maximum absolute atomic E-state index is 11.0. The third kappa shape index (κ3) is 3.42. The van der Waals surface area contributed by atoms with Gasteiger partial charge >= 0.3 is 5.97 Å². The van der Waals surface area contributed by atoms with Crippen LogP contribution in [0.4, 0.5) is 0 Å². The van der Waals surface area contributed by atoms with Gasteiger partial charge in [0.1, 0.15) is 6.10 Å². The Morgan fingerprint density at radius 1 is 1.35 bits per heavy atom. The molecule has 20 heavy (non-hydrogen) atoms. The van der Waals surface area contributed by atoms with Gasteiger partial charge in [-0.3, -0.25) is 0 Å². The van der Waals surface area contributed by atoms with Crippen molar-refractivity contribution in [1.29, 1.82) is 0 Å². The number of carbonyl (C=O) groups is 1. The maximum Gasteiger partial charge on any atom is 0.335 e. The molecule has 1 aromatic rings. The average Bonchev–Trinajstić information content (AvgIpc) is 2.48. The standard InChI is InChI=1S/C15H21NO4/c1-3-16-8-6-12(7-9-16)20-14-10-11(15(17)18)4-5-13(14)19-2/h4-5,10,12H,3,6-9H2,1-2H3,(H,17,18). The Morgan fingerprint density at radius 2 is 2.05 bits per heavy atom. The molecule has 1 N–H and O–H groups in total. The summed E-state index contributed by atoms with van der Waals surface area (Å²) in [5.41, 5.74) is 0.215. The second-order valence-corrected chi connectivity index (χ2v) is 4.92. The fraction of sp³-hybridized carbons (Fsp3) is 0.533. The monoisotopic (exact) mass is 279 g/mol. The molecule has 1 aliphatic rings. The van der Waals surface area contributed by atoms with Gasteiger partial charge in [0.25, 0.3) is 0 Å². The number of benzene rings is 1. The molecule has 1 aromatic carbocycles. The number of likely N-dealkylation sites (tertiary alicyclic amines) is 1. The average molecular weight is 279 g/mol. The third-order valence-corrected chi connectivity index (χ3v) is 3.69. The van der Waals surface area contributed by atoms with Crippen LogP contribution < -0.4 is 9.47 Å². The molecular weight excluding hydrogens is 258 g/mol. The molecule has 110 valence electrons. The molecule has 5 heteroatoms.